The second-order valence-electron chi connectivity index (χ2n) is 10.5. The van der Waals surface area contributed by atoms with Crippen LogP contribution in [-0.2, 0) is 4.74 Å². The highest BCUT2D eigenvalue weighted by molar-refractivity contribution is 6.04. The summed E-state index contributed by atoms with van der Waals surface area (Å²) in [5.74, 6) is -0.115. The predicted octanol–water partition coefficient (Wildman–Crippen LogP) is 4.01. The van der Waals surface area contributed by atoms with Gasteiger partial charge in [-0.1, -0.05) is 0 Å². The number of halogens is 3. The van der Waals surface area contributed by atoms with Crippen LogP contribution >= 0.6 is 0 Å². The second kappa shape index (κ2) is 10.7. The lowest BCUT2D eigenvalue weighted by atomic mass is 9.90. The normalized spacial score (nSPS) is 21.5. The summed E-state index contributed by atoms with van der Waals surface area (Å²) in [7, 11) is 0. The molecule has 3 N–H and O–H groups in total. The third kappa shape index (κ3) is 5.22. The van der Waals surface area contributed by atoms with E-state index in [1.165, 1.54) is 17.0 Å². The first-order valence-electron chi connectivity index (χ1n) is 13.5. The van der Waals surface area contributed by atoms with Gasteiger partial charge in [-0.25, -0.2) is 14.5 Å². The quantitative estimate of drug-likeness (QED) is 0.329. The first-order valence-corrected chi connectivity index (χ1v) is 13.5. The van der Waals surface area contributed by atoms with E-state index in [1.807, 2.05) is 17.6 Å². The van der Waals surface area contributed by atoms with Crippen LogP contribution in [0.5, 0.6) is 0 Å². The number of carbonyl (C=O) groups is 1. The van der Waals surface area contributed by atoms with Crippen molar-refractivity contribution in [2.45, 2.75) is 56.9 Å². The molecule has 1 saturated carbocycles. The molecule has 1 aliphatic carbocycles. The number of fused-ring (bicyclic) bond motifs is 2. The van der Waals surface area contributed by atoms with Gasteiger partial charge in [0.25, 0.3) is 5.91 Å². The Morgan fingerprint density at radius 1 is 1.18 bits per heavy atom. The van der Waals surface area contributed by atoms with Crippen molar-refractivity contribution < 1.29 is 22.7 Å². The average Bonchev–Trinajstić information content (AvgIpc) is 3.58. The minimum absolute atomic E-state index is 0.0596. The fraction of sp³-hybridized carbons (Fsp3) is 0.481. The third-order valence-electron chi connectivity index (χ3n) is 7.99. The lowest BCUT2D eigenvalue weighted by Crippen LogP contribution is -2.46. The first-order chi connectivity index (χ1) is 19.3. The Morgan fingerprint density at radius 2 is 1.95 bits per heavy atom. The Hall–Kier alpha value is -3.71. The summed E-state index contributed by atoms with van der Waals surface area (Å²) in [4.78, 5) is 27.4. The molecule has 5 heterocycles. The molecule has 1 amide bonds. The molecule has 0 radical (unpaired) electrons. The number of H-pyrrole nitrogens is 1. The van der Waals surface area contributed by atoms with Gasteiger partial charge in [-0.3, -0.25) is 9.69 Å². The maximum atomic E-state index is 13.0. The summed E-state index contributed by atoms with van der Waals surface area (Å²) in [6.07, 6.45) is 6.05. The van der Waals surface area contributed by atoms with Gasteiger partial charge in [0.2, 0.25) is 0 Å². The van der Waals surface area contributed by atoms with Gasteiger partial charge in [0.15, 0.2) is 0 Å². The van der Waals surface area contributed by atoms with Gasteiger partial charge >= 0.3 is 6.18 Å². The Bertz CT molecular complexity index is 1500. The van der Waals surface area contributed by atoms with Crippen LogP contribution in [0.2, 0.25) is 0 Å². The minimum Gasteiger partial charge on any atom is -0.379 e. The Labute approximate surface area is 228 Å². The van der Waals surface area contributed by atoms with Crippen LogP contribution < -0.4 is 10.6 Å². The second-order valence-corrected chi connectivity index (χ2v) is 10.5. The summed E-state index contributed by atoms with van der Waals surface area (Å²) in [5, 5.41) is 10.6. The first kappa shape index (κ1) is 26.5. The van der Waals surface area contributed by atoms with E-state index in [1.54, 1.807) is 12.3 Å². The molecule has 40 heavy (non-hydrogen) atoms. The molecule has 4 aromatic heterocycles. The van der Waals surface area contributed by atoms with Gasteiger partial charge < -0.3 is 20.4 Å². The van der Waals surface area contributed by atoms with Gasteiger partial charge in [-0.05, 0) is 50.3 Å². The van der Waals surface area contributed by atoms with Crippen LogP contribution in [0.4, 0.5) is 19.0 Å². The molecule has 10 nitrogen and oxygen atoms in total. The zero-order valence-electron chi connectivity index (χ0n) is 22.0. The van der Waals surface area contributed by atoms with Crippen LogP contribution in [0, 0.1) is 0 Å². The zero-order chi connectivity index (χ0) is 27.9. The molecule has 0 spiro atoms. The Balaban J connectivity index is 1.24. The number of anilines is 1. The number of carbonyl (C=O) groups excluding carboxylic acids is 1. The summed E-state index contributed by atoms with van der Waals surface area (Å²) in [6, 6.07) is 2.46. The highest BCUT2D eigenvalue weighted by Crippen LogP contribution is 2.35. The summed E-state index contributed by atoms with van der Waals surface area (Å²) in [5.41, 5.74) is 2.70. The van der Waals surface area contributed by atoms with Crippen LogP contribution in [0.15, 0.2) is 37.1 Å². The number of morpholine rings is 1. The van der Waals surface area contributed by atoms with E-state index in [-0.39, 0.29) is 11.6 Å². The number of aromatic amines is 1. The molecule has 0 unspecified atom stereocenters. The molecule has 0 bridgehead atoms. The molecule has 1 aliphatic heterocycles. The topological polar surface area (TPSA) is 112 Å². The number of pyridine rings is 1. The van der Waals surface area contributed by atoms with Gasteiger partial charge in [0.05, 0.1) is 35.9 Å². The van der Waals surface area contributed by atoms with Crippen LogP contribution in [0.25, 0.3) is 27.7 Å². The molecule has 0 aromatic carbocycles. The molecular formula is C27H31F3N8O2. The highest BCUT2D eigenvalue weighted by Gasteiger charge is 2.37. The molecule has 2 fully saturated rings. The van der Waals surface area contributed by atoms with Gasteiger partial charge in [-0.15, -0.1) is 0 Å². The van der Waals surface area contributed by atoms with E-state index in [2.05, 4.69) is 30.3 Å². The third-order valence-corrected chi connectivity index (χ3v) is 7.99. The number of hydrogen-bond donors (Lipinski definition) is 3. The van der Waals surface area contributed by atoms with Gasteiger partial charge in [0, 0.05) is 43.1 Å². The van der Waals surface area contributed by atoms with Crippen LogP contribution in [0.3, 0.4) is 0 Å². The van der Waals surface area contributed by atoms with Crippen LogP contribution in [-0.4, -0.2) is 86.0 Å². The highest BCUT2D eigenvalue weighted by atomic mass is 19.4. The molecule has 212 valence electrons. The number of alkyl halides is 3. The van der Waals surface area contributed by atoms with Crippen molar-refractivity contribution in [2.24, 2.45) is 0 Å². The molecule has 1 atom stereocenters. The standard InChI is InChI=1S/C27H31F3N8O2/c1-16(27(28,29)30)35-26(39)21-14-34-38-7-6-17(12-22(21)38)20-13-31-24-23(20)25(33-15-32-24)36-18-2-4-19(5-3-18)37-8-10-40-11-9-37/h6-7,12-16,18-19H,2-5,8-11H2,1H3,(H,35,39)(H2,31,32,33,36)/t16-,18?,19?/m1/s1. The zero-order valence-corrected chi connectivity index (χ0v) is 22.0. The molecule has 6 rings (SSSR count). The van der Waals surface area contributed by atoms with Crippen molar-refractivity contribution in [1.82, 2.24) is 34.8 Å². The Kier molecular flexibility index (Phi) is 7.09. The monoisotopic (exact) mass is 556 g/mol. The SMILES string of the molecule is C[C@@H](NC(=O)c1cnn2ccc(-c3c[nH]c4ncnc(NC5CCC(N6CCOCC6)CC5)c34)cc12)C(F)(F)F. The molecule has 1 saturated heterocycles. The fourth-order valence-corrected chi connectivity index (χ4v) is 5.70. The largest absolute Gasteiger partial charge is 0.408 e. The maximum Gasteiger partial charge on any atom is 0.408 e. The van der Waals surface area contributed by atoms with Crippen molar-refractivity contribution in [3.8, 4) is 11.1 Å². The molecular weight excluding hydrogens is 525 g/mol. The van der Waals surface area contributed by atoms with E-state index in [0.717, 1.165) is 81.2 Å². The number of nitrogens with one attached hydrogen (secondary N) is 3. The lowest BCUT2D eigenvalue weighted by Gasteiger charge is -2.39. The number of nitrogens with zero attached hydrogens (tertiary/aromatic N) is 5. The van der Waals surface area contributed by atoms with Crippen molar-refractivity contribution in [3.05, 3.63) is 42.6 Å². The van der Waals surface area contributed by atoms with E-state index in [0.29, 0.717) is 17.2 Å². The molecule has 2 aliphatic rings. The summed E-state index contributed by atoms with van der Waals surface area (Å²) < 4.78 is 46.0. The fourth-order valence-electron chi connectivity index (χ4n) is 5.70. The van der Waals surface area contributed by atoms with E-state index in [4.69, 9.17) is 4.74 Å². The summed E-state index contributed by atoms with van der Waals surface area (Å²) in [6.45, 7) is 4.50. The Morgan fingerprint density at radius 3 is 2.70 bits per heavy atom. The van der Waals surface area contributed by atoms with Crippen molar-refractivity contribution >= 4 is 28.3 Å². The lowest BCUT2D eigenvalue weighted by molar-refractivity contribution is -0.149. The smallest absolute Gasteiger partial charge is 0.379 e. The number of hydrogen-bond acceptors (Lipinski definition) is 7. The van der Waals surface area contributed by atoms with Gasteiger partial charge in [0.1, 0.15) is 23.8 Å². The van der Waals surface area contributed by atoms with Gasteiger partial charge in [-0.2, -0.15) is 18.3 Å². The number of amides is 1. The van der Waals surface area contributed by atoms with E-state index in [9.17, 15) is 18.0 Å². The predicted molar refractivity (Wildman–Crippen MR) is 143 cm³/mol. The number of aromatic nitrogens is 5. The maximum absolute atomic E-state index is 13.0. The van der Waals surface area contributed by atoms with Crippen molar-refractivity contribution in [1.29, 1.82) is 0 Å². The van der Waals surface area contributed by atoms with E-state index >= 15 is 0 Å². The average molecular weight is 557 g/mol. The minimum atomic E-state index is -4.54. The van der Waals surface area contributed by atoms with E-state index < -0.39 is 18.1 Å². The van der Waals surface area contributed by atoms with Crippen molar-refractivity contribution in [3.63, 3.8) is 0 Å². The molecule has 13 heteroatoms. The number of rotatable bonds is 6. The summed E-state index contributed by atoms with van der Waals surface area (Å²) >= 11 is 0. The van der Waals surface area contributed by atoms with Crippen LogP contribution in [0.1, 0.15) is 43.0 Å². The van der Waals surface area contributed by atoms with Crippen molar-refractivity contribution in [2.75, 3.05) is 31.6 Å². The molecule has 4 aromatic rings. The number of ether oxygens (including phenoxy) is 1.